The molecule has 0 aliphatic carbocycles. The van der Waals surface area contributed by atoms with E-state index in [4.69, 9.17) is 20.9 Å². The number of nitrogens with two attached hydrogens (primary N) is 2. The Morgan fingerprint density at radius 2 is 1.89 bits per heavy atom. The van der Waals surface area contributed by atoms with E-state index in [1.54, 1.807) is 55.7 Å². The van der Waals surface area contributed by atoms with Gasteiger partial charge in [-0.1, -0.05) is 18.2 Å². The van der Waals surface area contributed by atoms with Gasteiger partial charge >= 0.3 is 5.97 Å². The molecule has 0 aliphatic heterocycles. The second kappa shape index (κ2) is 12.4. The third kappa shape index (κ3) is 6.58. The van der Waals surface area contributed by atoms with Crippen molar-refractivity contribution in [2.45, 2.75) is 19.5 Å². The number of primary amides is 1. The van der Waals surface area contributed by atoms with E-state index in [9.17, 15) is 19.2 Å². The summed E-state index contributed by atoms with van der Waals surface area (Å²) in [5, 5.41) is 2.53. The first-order chi connectivity index (χ1) is 17.8. The summed E-state index contributed by atoms with van der Waals surface area (Å²) in [6.07, 6.45) is 3.12. The van der Waals surface area contributed by atoms with Crippen molar-refractivity contribution in [3.63, 3.8) is 0 Å². The Balaban J connectivity index is 2.08. The van der Waals surface area contributed by atoms with Gasteiger partial charge in [0, 0.05) is 18.9 Å². The van der Waals surface area contributed by atoms with Crippen LogP contribution in [-0.4, -0.2) is 58.2 Å². The van der Waals surface area contributed by atoms with Crippen molar-refractivity contribution < 1.29 is 28.7 Å². The molecule has 0 saturated heterocycles. The van der Waals surface area contributed by atoms with E-state index >= 15 is 0 Å². The minimum absolute atomic E-state index is 0.0561. The number of ether oxygens (including phenoxy) is 2. The number of hydrogen-bond acceptors (Lipinski definition) is 10. The number of anilines is 1. The lowest BCUT2D eigenvalue weighted by Crippen LogP contribution is -2.44. The molecule has 0 aliphatic rings. The number of carbonyl (C=O) groups excluding carboxylic acids is 4. The second-order valence-electron chi connectivity index (χ2n) is 7.63. The normalized spacial score (nSPS) is 11.3. The fourth-order valence-electron chi connectivity index (χ4n) is 3.46. The molecule has 3 amide bonds. The third-order valence-corrected chi connectivity index (χ3v) is 6.05. The third-order valence-electron chi connectivity index (χ3n) is 5.20. The highest BCUT2D eigenvalue weighted by Gasteiger charge is 2.35. The van der Waals surface area contributed by atoms with Gasteiger partial charge < -0.3 is 31.2 Å². The van der Waals surface area contributed by atoms with Crippen molar-refractivity contribution >= 4 is 40.9 Å². The molecular weight excluding hydrogens is 500 g/mol. The maximum Gasteiger partial charge on any atom is 0.325 e. The van der Waals surface area contributed by atoms with Crippen LogP contribution in [0.3, 0.4) is 0 Å². The largest absolute Gasteiger partial charge is 0.497 e. The predicted octanol–water partition coefficient (Wildman–Crippen LogP) is 1.29. The summed E-state index contributed by atoms with van der Waals surface area (Å²) in [5.41, 5.74) is 12.0. The first-order valence-corrected chi connectivity index (χ1v) is 11.9. The molecule has 194 valence electrons. The number of amides is 3. The molecule has 13 heteroatoms. The van der Waals surface area contributed by atoms with E-state index < -0.39 is 36.3 Å². The number of aromatic nitrogens is 2. The van der Waals surface area contributed by atoms with E-state index in [0.29, 0.717) is 28.4 Å². The molecule has 0 bridgehead atoms. The van der Waals surface area contributed by atoms with Crippen LogP contribution >= 0.6 is 11.5 Å². The Bertz CT molecular complexity index is 1260. The average molecular weight is 527 g/mol. The molecule has 2 heterocycles. The highest BCUT2D eigenvalue weighted by Crippen LogP contribution is 2.31. The van der Waals surface area contributed by atoms with Gasteiger partial charge in [-0.05, 0) is 47.8 Å². The maximum absolute atomic E-state index is 13.8. The van der Waals surface area contributed by atoms with Gasteiger partial charge in [0.2, 0.25) is 5.91 Å². The van der Waals surface area contributed by atoms with Crippen molar-refractivity contribution in [3.05, 3.63) is 70.5 Å². The van der Waals surface area contributed by atoms with Crippen molar-refractivity contribution in [3.8, 4) is 5.75 Å². The van der Waals surface area contributed by atoms with Crippen LogP contribution in [0.2, 0.25) is 0 Å². The molecule has 37 heavy (non-hydrogen) atoms. The number of rotatable bonds is 11. The van der Waals surface area contributed by atoms with Crippen LogP contribution in [0, 0.1) is 0 Å². The van der Waals surface area contributed by atoms with Gasteiger partial charge in [-0.2, -0.15) is 4.37 Å². The summed E-state index contributed by atoms with van der Waals surface area (Å²) in [5.74, 6) is -2.29. The van der Waals surface area contributed by atoms with Crippen molar-refractivity contribution in [1.82, 2.24) is 19.6 Å². The average Bonchev–Trinajstić information content (AvgIpc) is 3.29. The fraction of sp³-hybridized carbons (Fsp3) is 0.250. The number of esters is 1. The quantitative estimate of drug-likeness (QED) is 0.310. The zero-order valence-electron chi connectivity index (χ0n) is 20.2. The van der Waals surface area contributed by atoms with Gasteiger partial charge in [-0.15, -0.1) is 0 Å². The van der Waals surface area contributed by atoms with Crippen LogP contribution in [0.15, 0.2) is 48.8 Å². The van der Waals surface area contributed by atoms with Crippen molar-refractivity contribution in [2.75, 3.05) is 26.0 Å². The Morgan fingerprint density at radius 3 is 2.46 bits per heavy atom. The van der Waals surface area contributed by atoms with Crippen LogP contribution < -0.4 is 21.5 Å². The fourth-order valence-corrected chi connectivity index (χ4v) is 4.22. The number of pyridine rings is 1. The maximum atomic E-state index is 13.8. The van der Waals surface area contributed by atoms with E-state index in [0.717, 1.165) is 0 Å². The predicted molar refractivity (Wildman–Crippen MR) is 135 cm³/mol. The molecule has 1 aromatic carbocycles. The van der Waals surface area contributed by atoms with Gasteiger partial charge in [-0.3, -0.25) is 24.2 Å². The molecule has 2 aromatic heterocycles. The topological polar surface area (TPSA) is 180 Å². The first kappa shape index (κ1) is 27.1. The molecule has 12 nitrogen and oxygen atoms in total. The zero-order chi connectivity index (χ0) is 26.9. The van der Waals surface area contributed by atoms with Gasteiger partial charge in [0.15, 0.2) is 5.69 Å². The summed E-state index contributed by atoms with van der Waals surface area (Å²) in [6.45, 7) is 1.34. The van der Waals surface area contributed by atoms with Gasteiger partial charge in [0.25, 0.3) is 11.8 Å². The Morgan fingerprint density at radius 1 is 1.16 bits per heavy atom. The van der Waals surface area contributed by atoms with Crippen molar-refractivity contribution in [2.24, 2.45) is 5.73 Å². The number of benzene rings is 1. The van der Waals surface area contributed by atoms with Gasteiger partial charge in [-0.25, -0.2) is 0 Å². The lowest BCUT2D eigenvalue weighted by molar-refractivity contribution is -0.143. The SMILES string of the molecule is CCOC(=O)CNC(=O)[C@H](c1ccc(OC)cc1)N(Cc1cccnc1)C(=O)c1snc(C(N)=O)c1N. The number of carbonyl (C=O) groups is 4. The summed E-state index contributed by atoms with van der Waals surface area (Å²) >= 11 is 0.698. The first-order valence-electron chi connectivity index (χ1n) is 11.1. The molecular formula is C24H26N6O6S. The zero-order valence-corrected chi connectivity index (χ0v) is 21.0. The minimum atomic E-state index is -1.22. The van der Waals surface area contributed by atoms with E-state index in [1.807, 2.05) is 0 Å². The number of methoxy groups -OCH3 is 1. The van der Waals surface area contributed by atoms with E-state index in [-0.39, 0.29) is 29.4 Å². The molecule has 0 spiro atoms. The smallest absolute Gasteiger partial charge is 0.325 e. The minimum Gasteiger partial charge on any atom is -0.497 e. The summed E-state index contributed by atoms with van der Waals surface area (Å²) < 4.78 is 14.0. The second-order valence-corrected chi connectivity index (χ2v) is 8.40. The van der Waals surface area contributed by atoms with Crippen LogP contribution in [0.5, 0.6) is 5.75 Å². The van der Waals surface area contributed by atoms with Crippen LogP contribution in [0.4, 0.5) is 5.69 Å². The molecule has 5 N–H and O–H groups in total. The summed E-state index contributed by atoms with van der Waals surface area (Å²) in [6, 6.07) is 8.74. The standard InChI is InChI=1S/C24H26N6O6S/c1-3-36-17(31)12-28-23(33)20(15-6-8-16(35-2)9-7-15)30(13-14-5-4-10-27-11-14)24(34)21-18(25)19(22(26)32)29-37-21/h4-11,20H,3,12-13,25H2,1-2H3,(H2,26,32)(H,28,33)/t20-/m0/s1. The van der Waals surface area contributed by atoms with Crippen LogP contribution in [-0.2, 0) is 20.9 Å². The van der Waals surface area contributed by atoms with Crippen molar-refractivity contribution in [1.29, 1.82) is 0 Å². The molecule has 3 aromatic rings. The Labute approximate surface area is 216 Å². The summed E-state index contributed by atoms with van der Waals surface area (Å²) in [7, 11) is 1.50. The van der Waals surface area contributed by atoms with Gasteiger partial charge in [0.05, 0.1) is 19.4 Å². The van der Waals surface area contributed by atoms with Gasteiger partial charge in [0.1, 0.15) is 23.2 Å². The number of nitrogens with zero attached hydrogens (tertiary/aromatic N) is 3. The lowest BCUT2D eigenvalue weighted by atomic mass is 10.0. The number of nitrogen functional groups attached to an aromatic ring is 1. The highest BCUT2D eigenvalue weighted by atomic mass is 32.1. The molecule has 1 atom stereocenters. The van der Waals surface area contributed by atoms with E-state index in [2.05, 4.69) is 14.7 Å². The molecule has 0 radical (unpaired) electrons. The lowest BCUT2D eigenvalue weighted by Gasteiger charge is -2.31. The number of nitrogens with one attached hydrogen (secondary N) is 1. The Hall–Kier alpha value is -4.52. The molecule has 3 rings (SSSR count). The van der Waals surface area contributed by atoms with Crippen LogP contribution in [0.25, 0.3) is 0 Å². The van der Waals surface area contributed by atoms with E-state index in [1.165, 1.54) is 12.0 Å². The molecule has 0 fully saturated rings. The Kier molecular flexibility index (Phi) is 9.11. The summed E-state index contributed by atoms with van der Waals surface area (Å²) in [4.78, 5) is 56.2. The van der Waals surface area contributed by atoms with Crippen LogP contribution in [0.1, 0.15) is 44.3 Å². The number of hydrogen-bond donors (Lipinski definition) is 3. The highest BCUT2D eigenvalue weighted by molar-refractivity contribution is 7.09. The monoisotopic (exact) mass is 526 g/mol. The molecule has 0 unspecified atom stereocenters. The molecule has 0 saturated carbocycles.